The van der Waals surface area contributed by atoms with Gasteiger partial charge in [-0.2, -0.15) is 18.2 Å². The molecule has 3 rings (SSSR count). The normalized spacial score (nSPS) is 11.8. The molecule has 0 aliphatic carbocycles. The average Bonchev–Trinajstić information content (AvgIpc) is 2.72. The lowest BCUT2D eigenvalue weighted by Gasteiger charge is -2.15. The second-order valence-electron chi connectivity index (χ2n) is 6.07. The van der Waals surface area contributed by atoms with Gasteiger partial charge in [0.05, 0.1) is 30.5 Å². The zero-order valence-corrected chi connectivity index (χ0v) is 16.8. The molecule has 0 saturated heterocycles. The number of rotatable bonds is 8. The molecule has 0 aromatic carbocycles. The van der Waals surface area contributed by atoms with Gasteiger partial charge in [-0.05, 0) is 18.2 Å². The van der Waals surface area contributed by atoms with E-state index in [0.29, 0.717) is 16.7 Å². The van der Waals surface area contributed by atoms with Crippen molar-refractivity contribution in [2.45, 2.75) is 19.0 Å². The van der Waals surface area contributed by atoms with E-state index in [4.69, 9.17) is 21.1 Å². The number of nitrogens with zero attached hydrogens (tertiary/aromatic N) is 4. The number of hydrogen-bond acceptors (Lipinski definition) is 8. The van der Waals surface area contributed by atoms with Gasteiger partial charge in [-0.25, -0.2) is 15.0 Å². The minimum Gasteiger partial charge on any atom is -0.364 e. The van der Waals surface area contributed by atoms with E-state index < -0.39 is 18.2 Å². The summed E-state index contributed by atoms with van der Waals surface area (Å²) in [6.07, 6.45) is -3.56. The van der Waals surface area contributed by atoms with Crippen LogP contribution < -0.4 is 10.6 Å². The van der Waals surface area contributed by atoms with Crippen molar-refractivity contribution in [3.8, 4) is 0 Å². The Morgan fingerprint density at radius 2 is 1.87 bits per heavy atom. The van der Waals surface area contributed by atoms with E-state index in [1.165, 1.54) is 32.5 Å². The lowest BCUT2D eigenvalue weighted by atomic mass is 10.2. The molecule has 0 fully saturated rings. The maximum absolute atomic E-state index is 12.9. The molecule has 0 aliphatic heterocycles. The third-order valence-corrected chi connectivity index (χ3v) is 4.24. The van der Waals surface area contributed by atoms with Crippen LogP contribution in [0.5, 0.6) is 0 Å². The molecule has 0 aliphatic rings. The molecule has 12 heteroatoms. The van der Waals surface area contributed by atoms with Crippen LogP contribution in [0.2, 0.25) is 5.15 Å². The molecule has 0 radical (unpaired) electrons. The molecule has 8 nitrogen and oxygen atoms in total. The van der Waals surface area contributed by atoms with Crippen LogP contribution in [0.25, 0.3) is 10.9 Å². The lowest BCUT2D eigenvalue weighted by molar-refractivity contribution is -0.141. The quantitative estimate of drug-likeness (QED) is 0.402. The molecule has 0 amide bonds. The summed E-state index contributed by atoms with van der Waals surface area (Å²) in [4.78, 5) is 16.4. The van der Waals surface area contributed by atoms with Crippen molar-refractivity contribution in [3.63, 3.8) is 0 Å². The van der Waals surface area contributed by atoms with Crippen LogP contribution in [0, 0.1) is 0 Å². The fourth-order valence-electron chi connectivity index (χ4n) is 2.57. The summed E-state index contributed by atoms with van der Waals surface area (Å²) in [7, 11) is 3.00. The molecule has 0 atom stereocenters. The molecule has 160 valence electrons. The van der Waals surface area contributed by atoms with E-state index in [9.17, 15) is 13.2 Å². The van der Waals surface area contributed by atoms with Gasteiger partial charge in [0.25, 0.3) is 0 Å². The predicted octanol–water partition coefficient (Wildman–Crippen LogP) is 3.73. The monoisotopic (exact) mass is 442 g/mol. The van der Waals surface area contributed by atoms with Crippen molar-refractivity contribution >= 4 is 34.3 Å². The van der Waals surface area contributed by atoms with Crippen LogP contribution in [0.1, 0.15) is 11.4 Å². The third kappa shape index (κ3) is 5.43. The predicted molar refractivity (Wildman–Crippen MR) is 105 cm³/mol. The van der Waals surface area contributed by atoms with Crippen LogP contribution in [0.15, 0.2) is 30.5 Å². The van der Waals surface area contributed by atoms with E-state index in [2.05, 4.69) is 30.6 Å². The Morgan fingerprint density at radius 1 is 1.10 bits per heavy atom. The number of aromatic nitrogens is 4. The molecule has 3 aromatic heterocycles. The van der Waals surface area contributed by atoms with Gasteiger partial charge in [-0.15, -0.1) is 0 Å². The molecular weight excluding hydrogens is 425 g/mol. The van der Waals surface area contributed by atoms with E-state index in [0.717, 1.165) is 6.07 Å². The lowest BCUT2D eigenvalue weighted by Crippen LogP contribution is -2.24. The molecule has 2 N–H and O–H groups in total. The maximum Gasteiger partial charge on any atom is 0.433 e. The van der Waals surface area contributed by atoms with Crippen LogP contribution in [-0.4, -0.2) is 47.0 Å². The van der Waals surface area contributed by atoms with Gasteiger partial charge < -0.3 is 20.1 Å². The maximum atomic E-state index is 12.9. The van der Waals surface area contributed by atoms with Crippen molar-refractivity contribution in [2.24, 2.45) is 0 Å². The first-order valence-corrected chi connectivity index (χ1v) is 9.07. The number of alkyl halides is 3. The standard InChI is InChI=1S/C18H18ClF3N6O2/c1-29-15(30-2)9-25-17-27-12-8-23-14(19)6-11(12)16(28-17)24-7-10-4-3-5-13(26-10)18(20,21)22/h3-6,8,15H,7,9H2,1-2H3,(H2,24,25,27,28). The number of nitrogens with one attached hydrogen (secondary N) is 2. The topological polar surface area (TPSA) is 94.1 Å². The summed E-state index contributed by atoms with van der Waals surface area (Å²) in [5.74, 6) is 0.614. The van der Waals surface area contributed by atoms with Gasteiger partial charge in [0, 0.05) is 19.6 Å². The average molecular weight is 443 g/mol. The highest BCUT2D eigenvalue weighted by atomic mass is 35.5. The molecular formula is C18H18ClF3N6O2. The molecule has 0 bridgehead atoms. The summed E-state index contributed by atoms with van der Waals surface area (Å²) in [6.45, 7) is 0.280. The number of halogens is 4. The summed E-state index contributed by atoms with van der Waals surface area (Å²) >= 11 is 5.98. The van der Waals surface area contributed by atoms with Crippen molar-refractivity contribution in [3.05, 3.63) is 47.0 Å². The summed E-state index contributed by atoms with van der Waals surface area (Å²) in [6, 6.07) is 5.27. The minimum atomic E-state index is -4.52. The first kappa shape index (κ1) is 21.9. The molecule has 30 heavy (non-hydrogen) atoms. The third-order valence-electron chi connectivity index (χ3n) is 4.04. The molecule has 0 unspecified atom stereocenters. The van der Waals surface area contributed by atoms with Crippen LogP contribution in [-0.2, 0) is 22.2 Å². The Morgan fingerprint density at radius 3 is 2.57 bits per heavy atom. The van der Waals surface area contributed by atoms with Crippen molar-refractivity contribution in [2.75, 3.05) is 31.4 Å². The second kappa shape index (κ2) is 9.37. The summed E-state index contributed by atoms with van der Waals surface area (Å²) in [5, 5.41) is 6.77. The highest BCUT2D eigenvalue weighted by Gasteiger charge is 2.32. The minimum absolute atomic E-state index is 0.00812. The molecule has 0 saturated carbocycles. The van der Waals surface area contributed by atoms with Crippen molar-refractivity contribution in [1.82, 2.24) is 19.9 Å². The van der Waals surface area contributed by atoms with E-state index in [1.54, 1.807) is 6.07 Å². The first-order valence-electron chi connectivity index (χ1n) is 8.70. The van der Waals surface area contributed by atoms with E-state index in [1.807, 2.05) is 0 Å². The largest absolute Gasteiger partial charge is 0.433 e. The van der Waals surface area contributed by atoms with Crippen molar-refractivity contribution in [1.29, 1.82) is 0 Å². The number of methoxy groups -OCH3 is 2. The van der Waals surface area contributed by atoms with Gasteiger partial charge in [0.15, 0.2) is 6.29 Å². The smallest absolute Gasteiger partial charge is 0.364 e. The zero-order chi connectivity index (χ0) is 21.7. The van der Waals surface area contributed by atoms with Gasteiger partial charge in [0.2, 0.25) is 5.95 Å². The van der Waals surface area contributed by atoms with Gasteiger partial charge in [-0.1, -0.05) is 17.7 Å². The molecule has 0 spiro atoms. The Kier molecular flexibility index (Phi) is 6.85. The summed E-state index contributed by atoms with van der Waals surface area (Å²) < 4.78 is 48.9. The number of ether oxygens (including phenoxy) is 2. The number of pyridine rings is 2. The van der Waals surface area contributed by atoms with Crippen LogP contribution in [0.4, 0.5) is 24.9 Å². The Labute approximate surface area is 174 Å². The molecule has 3 aromatic rings. The highest BCUT2D eigenvalue weighted by Crippen LogP contribution is 2.28. The molecule has 3 heterocycles. The van der Waals surface area contributed by atoms with Crippen LogP contribution >= 0.6 is 11.6 Å². The Balaban J connectivity index is 1.87. The number of anilines is 2. The highest BCUT2D eigenvalue weighted by molar-refractivity contribution is 6.30. The van der Waals surface area contributed by atoms with Crippen LogP contribution in [0.3, 0.4) is 0 Å². The summed E-state index contributed by atoms with van der Waals surface area (Å²) in [5.41, 5.74) is -0.276. The second-order valence-corrected chi connectivity index (χ2v) is 6.45. The van der Waals surface area contributed by atoms with Gasteiger partial charge in [-0.3, -0.25) is 0 Å². The number of fused-ring (bicyclic) bond motifs is 1. The fourth-order valence-corrected chi connectivity index (χ4v) is 2.73. The van der Waals surface area contributed by atoms with E-state index in [-0.39, 0.29) is 29.9 Å². The Hall–Kier alpha value is -2.76. The SMILES string of the molecule is COC(CNc1nc(NCc2cccc(C(F)(F)F)n2)c2cc(Cl)ncc2n1)OC. The Bertz CT molecular complexity index is 1020. The fraction of sp³-hybridized carbons (Fsp3) is 0.333. The van der Waals surface area contributed by atoms with Gasteiger partial charge in [0.1, 0.15) is 16.7 Å². The number of hydrogen-bond donors (Lipinski definition) is 2. The first-order chi connectivity index (χ1) is 14.3. The van der Waals surface area contributed by atoms with Crippen molar-refractivity contribution < 1.29 is 22.6 Å². The van der Waals surface area contributed by atoms with Gasteiger partial charge >= 0.3 is 6.18 Å². The zero-order valence-electron chi connectivity index (χ0n) is 16.0. The van der Waals surface area contributed by atoms with E-state index >= 15 is 0 Å².